The van der Waals surface area contributed by atoms with E-state index in [1.54, 1.807) is 16.1 Å². The number of nitrogens with zero attached hydrogens (tertiary/aromatic N) is 2. The number of halogens is 1. The molecule has 11 heteroatoms. The molecule has 2 aromatic rings. The van der Waals surface area contributed by atoms with Crippen LogP contribution in [-0.4, -0.2) is 73.6 Å². The van der Waals surface area contributed by atoms with Crippen molar-refractivity contribution < 1.29 is 22.4 Å². The normalized spacial score (nSPS) is 20.1. The second-order valence-corrected chi connectivity index (χ2v) is 12.7. The average molecular weight is 560 g/mol. The first-order valence-corrected chi connectivity index (χ1v) is 15.1. The smallest absolute Gasteiger partial charge is 0.234 e. The Morgan fingerprint density at radius 2 is 1.77 bits per heavy atom. The monoisotopic (exact) mass is 559 g/mol. The van der Waals surface area contributed by atoms with Gasteiger partial charge in [0, 0.05) is 43.3 Å². The van der Waals surface area contributed by atoms with Crippen LogP contribution in [0.1, 0.15) is 31.7 Å². The number of anilines is 1. The third kappa shape index (κ3) is 8.82. The third-order valence-electron chi connectivity index (χ3n) is 7.28. The third-order valence-corrected chi connectivity index (χ3v) is 9.09. The molecule has 1 saturated carbocycles. The number of nitrogens with two attached hydrogens (primary N) is 1. The van der Waals surface area contributed by atoms with Gasteiger partial charge in [0.05, 0.1) is 6.54 Å². The summed E-state index contributed by atoms with van der Waals surface area (Å²) in [5, 5.41) is 5.77. The van der Waals surface area contributed by atoms with Crippen LogP contribution in [0.25, 0.3) is 0 Å². The van der Waals surface area contributed by atoms with Gasteiger partial charge in [-0.3, -0.25) is 14.5 Å². The molecule has 1 saturated heterocycles. The van der Waals surface area contributed by atoms with Gasteiger partial charge < -0.3 is 16.4 Å². The Kier molecular flexibility index (Phi) is 9.71. The minimum atomic E-state index is -3.43. The van der Waals surface area contributed by atoms with Gasteiger partial charge in [0.1, 0.15) is 11.7 Å². The summed E-state index contributed by atoms with van der Waals surface area (Å²) < 4.78 is 40.2. The van der Waals surface area contributed by atoms with Gasteiger partial charge in [0.15, 0.2) is 0 Å². The number of carbonyl (C=O) groups is 2. The number of nitrogens with one attached hydrogen (secondary N) is 2. The maximum Gasteiger partial charge on any atom is 0.234 e. The van der Waals surface area contributed by atoms with Gasteiger partial charge in [-0.15, -0.1) is 0 Å². The van der Waals surface area contributed by atoms with Gasteiger partial charge in [-0.05, 0) is 61.4 Å². The van der Waals surface area contributed by atoms with Gasteiger partial charge in [0.2, 0.25) is 21.8 Å². The second kappa shape index (κ2) is 13.0. The molecule has 4 N–H and O–H groups in total. The van der Waals surface area contributed by atoms with E-state index in [2.05, 4.69) is 10.6 Å². The Morgan fingerprint density at radius 1 is 1.08 bits per heavy atom. The molecule has 0 radical (unpaired) electrons. The van der Waals surface area contributed by atoms with E-state index in [0.717, 1.165) is 18.4 Å². The van der Waals surface area contributed by atoms with Gasteiger partial charge in [-0.25, -0.2) is 12.8 Å². The summed E-state index contributed by atoms with van der Waals surface area (Å²) in [5.41, 5.74) is 8.03. The van der Waals surface area contributed by atoms with Crippen LogP contribution in [0.2, 0.25) is 0 Å². The standard InChI is InChI=1S/C28H38FN5O4S/c1-20(28(36)31-24-11-9-23(29)10-12-24)15-25(30)26(16-21-5-3-2-4-6-21)32-27(35)18-33-13-14-34(17-22-7-8-22)39(37,38)19-33/h2-6,9-12,20,22,25-26H,7-8,13-19,30H2,1H3,(H,31,36)(H,32,35)/t20-,25+,26+/m1/s1. The van der Waals surface area contributed by atoms with E-state index in [0.29, 0.717) is 44.1 Å². The van der Waals surface area contributed by atoms with Gasteiger partial charge in [-0.2, -0.15) is 4.31 Å². The van der Waals surface area contributed by atoms with E-state index in [4.69, 9.17) is 5.73 Å². The lowest BCUT2D eigenvalue weighted by molar-refractivity contribution is -0.123. The van der Waals surface area contributed by atoms with Crippen LogP contribution in [0.5, 0.6) is 0 Å². The van der Waals surface area contributed by atoms with Crippen molar-refractivity contribution in [1.82, 2.24) is 14.5 Å². The number of amides is 2. The van der Waals surface area contributed by atoms with Crippen LogP contribution in [0, 0.1) is 17.7 Å². The molecule has 2 fully saturated rings. The molecule has 212 valence electrons. The van der Waals surface area contributed by atoms with Gasteiger partial charge >= 0.3 is 0 Å². The van der Waals surface area contributed by atoms with Gasteiger partial charge in [-0.1, -0.05) is 37.3 Å². The van der Waals surface area contributed by atoms with Crippen molar-refractivity contribution >= 4 is 27.5 Å². The highest BCUT2D eigenvalue weighted by molar-refractivity contribution is 7.89. The molecule has 3 atom stereocenters. The SMILES string of the molecule is C[C@H](C[C@H](N)[C@H](Cc1ccccc1)NC(=O)CN1CCN(CC2CC2)S(=O)(=O)C1)C(=O)Nc1ccc(F)cc1. The molecule has 0 bridgehead atoms. The lowest BCUT2D eigenvalue weighted by atomic mass is 9.92. The summed E-state index contributed by atoms with van der Waals surface area (Å²) >= 11 is 0. The zero-order valence-corrected chi connectivity index (χ0v) is 23.1. The van der Waals surface area contributed by atoms with Crippen LogP contribution < -0.4 is 16.4 Å². The molecule has 2 amide bonds. The van der Waals surface area contributed by atoms with Crippen molar-refractivity contribution in [2.24, 2.45) is 17.6 Å². The lowest BCUT2D eigenvalue weighted by Crippen LogP contribution is -2.55. The number of hydrogen-bond acceptors (Lipinski definition) is 6. The fraction of sp³-hybridized carbons (Fsp3) is 0.500. The molecule has 0 spiro atoms. The molecule has 4 rings (SSSR count). The molecule has 1 aliphatic carbocycles. The molecule has 2 aromatic carbocycles. The van der Waals surface area contributed by atoms with Crippen molar-refractivity contribution in [1.29, 1.82) is 0 Å². The van der Waals surface area contributed by atoms with E-state index < -0.39 is 28.0 Å². The molecular formula is C28H38FN5O4S. The van der Waals surface area contributed by atoms with E-state index in [-0.39, 0.29) is 30.1 Å². The summed E-state index contributed by atoms with van der Waals surface area (Å²) in [4.78, 5) is 27.5. The zero-order chi connectivity index (χ0) is 28.0. The minimum Gasteiger partial charge on any atom is -0.350 e. The predicted molar refractivity (Wildman–Crippen MR) is 149 cm³/mol. The molecule has 1 aliphatic heterocycles. The summed E-state index contributed by atoms with van der Waals surface area (Å²) in [6.45, 7) is 3.17. The molecular weight excluding hydrogens is 521 g/mol. The Balaban J connectivity index is 1.35. The van der Waals surface area contributed by atoms with Crippen LogP contribution >= 0.6 is 0 Å². The first kappa shape index (κ1) is 29.1. The van der Waals surface area contributed by atoms with Crippen molar-refractivity contribution in [3.05, 3.63) is 66.0 Å². The fourth-order valence-corrected chi connectivity index (χ4v) is 6.44. The summed E-state index contributed by atoms with van der Waals surface area (Å²) in [6, 6.07) is 14.1. The molecule has 0 aromatic heterocycles. The molecule has 0 unspecified atom stereocenters. The summed E-state index contributed by atoms with van der Waals surface area (Å²) in [5.74, 6) is -1.12. The second-order valence-electron chi connectivity index (χ2n) is 10.8. The molecule has 2 aliphatic rings. The number of carbonyl (C=O) groups excluding carboxylic acids is 2. The Morgan fingerprint density at radius 3 is 2.41 bits per heavy atom. The van der Waals surface area contributed by atoms with Crippen molar-refractivity contribution in [2.75, 3.05) is 37.4 Å². The van der Waals surface area contributed by atoms with Crippen LogP contribution in [0.15, 0.2) is 54.6 Å². The van der Waals surface area contributed by atoms with Gasteiger partial charge in [0.25, 0.3) is 0 Å². The quantitative estimate of drug-likeness (QED) is 0.366. The van der Waals surface area contributed by atoms with E-state index in [1.165, 1.54) is 24.3 Å². The predicted octanol–water partition coefficient (Wildman–Crippen LogP) is 2.16. The van der Waals surface area contributed by atoms with Crippen molar-refractivity contribution in [3.63, 3.8) is 0 Å². The number of hydrogen-bond donors (Lipinski definition) is 3. The zero-order valence-electron chi connectivity index (χ0n) is 22.3. The summed E-state index contributed by atoms with van der Waals surface area (Å²) in [7, 11) is -3.43. The number of benzene rings is 2. The first-order valence-electron chi connectivity index (χ1n) is 13.4. The lowest BCUT2D eigenvalue weighted by Gasteiger charge is -2.34. The fourth-order valence-electron chi connectivity index (χ4n) is 4.80. The van der Waals surface area contributed by atoms with Crippen LogP contribution in [0.3, 0.4) is 0 Å². The number of rotatable bonds is 12. The minimum absolute atomic E-state index is 0.0465. The van der Waals surface area contributed by atoms with E-state index in [1.807, 2.05) is 30.3 Å². The molecule has 9 nitrogen and oxygen atoms in total. The average Bonchev–Trinajstić information content (AvgIpc) is 3.71. The Labute approximate surface area is 230 Å². The maximum absolute atomic E-state index is 13.2. The first-order chi connectivity index (χ1) is 18.6. The summed E-state index contributed by atoms with van der Waals surface area (Å²) in [6.07, 6.45) is 2.92. The van der Waals surface area contributed by atoms with E-state index in [9.17, 15) is 22.4 Å². The highest BCUT2D eigenvalue weighted by Crippen LogP contribution is 2.31. The largest absolute Gasteiger partial charge is 0.350 e. The van der Waals surface area contributed by atoms with E-state index >= 15 is 0 Å². The Hall–Kier alpha value is -2.86. The highest BCUT2D eigenvalue weighted by atomic mass is 32.2. The highest BCUT2D eigenvalue weighted by Gasteiger charge is 2.35. The molecule has 39 heavy (non-hydrogen) atoms. The molecule has 1 heterocycles. The van der Waals surface area contributed by atoms with Crippen molar-refractivity contribution in [2.45, 2.75) is 44.7 Å². The van der Waals surface area contributed by atoms with Crippen LogP contribution in [-0.2, 0) is 26.0 Å². The van der Waals surface area contributed by atoms with Crippen molar-refractivity contribution in [3.8, 4) is 0 Å². The number of sulfonamides is 1. The Bertz CT molecular complexity index is 1220. The maximum atomic E-state index is 13.2. The topological polar surface area (TPSA) is 125 Å². The van der Waals surface area contributed by atoms with Crippen LogP contribution in [0.4, 0.5) is 10.1 Å².